The molecule has 5 nitrogen and oxygen atoms in total. The quantitative estimate of drug-likeness (QED) is 0.790. The number of thiazole rings is 1. The second-order valence-electron chi connectivity index (χ2n) is 5.10. The zero-order valence-corrected chi connectivity index (χ0v) is 14.0. The van der Waals surface area contributed by atoms with Gasteiger partial charge in [-0.25, -0.2) is 14.2 Å². The highest BCUT2D eigenvalue weighted by atomic mass is 32.1. The van der Waals surface area contributed by atoms with Crippen LogP contribution >= 0.6 is 11.3 Å². The number of urea groups is 1. The summed E-state index contributed by atoms with van der Waals surface area (Å²) in [5.74, 6) is 0.330. The molecule has 7 heteroatoms. The topological polar surface area (TPSA) is 54.5 Å². The maximum atomic E-state index is 12.7. The molecule has 0 saturated heterocycles. The van der Waals surface area contributed by atoms with Crippen LogP contribution in [-0.2, 0) is 6.54 Å². The molecule has 124 valence electrons. The maximum absolute atomic E-state index is 12.7. The molecule has 1 heterocycles. The van der Waals surface area contributed by atoms with Crippen molar-refractivity contribution < 1.29 is 13.9 Å². The molecule has 2 amide bonds. The number of hydrogen-bond acceptors (Lipinski definition) is 4. The zero-order valence-electron chi connectivity index (χ0n) is 13.2. The van der Waals surface area contributed by atoms with E-state index < -0.39 is 0 Å². The molecule has 2 rings (SSSR count). The van der Waals surface area contributed by atoms with Crippen molar-refractivity contribution in [1.82, 2.24) is 15.2 Å². The molecule has 0 aliphatic heterocycles. The van der Waals surface area contributed by atoms with Crippen LogP contribution in [0.15, 0.2) is 29.6 Å². The minimum atomic E-state index is -0.289. The summed E-state index contributed by atoms with van der Waals surface area (Å²) in [6, 6.07) is 5.73. The Morgan fingerprint density at radius 2 is 2.13 bits per heavy atom. The number of halogens is 1. The van der Waals surface area contributed by atoms with Gasteiger partial charge in [0.2, 0.25) is 0 Å². The van der Waals surface area contributed by atoms with E-state index in [2.05, 4.69) is 10.3 Å². The van der Waals surface area contributed by atoms with Gasteiger partial charge in [0, 0.05) is 19.0 Å². The zero-order chi connectivity index (χ0) is 16.7. The van der Waals surface area contributed by atoms with E-state index in [4.69, 9.17) is 4.74 Å². The first-order chi connectivity index (χ1) is 11.0. The highest BCUT2D eigenvalue weighted by Crippen LogP contribution is 2.11. The minimum Gasteiger partial charge on any atom is -0.494 e. The number of rotatable bonds is 7. The Kier molecular flexibility index (Phi) is 6.34. The number of aromatic nitrogens is 1. The Labute approximate surface area is 139 Å². The summed E-state index contributed by atoms with van der Waals surface area (Å²) in [7, 11) is 1.74. The van der Waals surface area contributed by atoms with Crippen LogP contribution < -0.4 is 10.1 Å². The van der Waals surface area contributed by atoms with Crippen LogP contribution in [0.1, 0.15) is 17.1 Å². The minimum absolute atomic E-state index is 0.141. The number of hydrogen-bond donors (Lipinski definition) is 1. The van der Waals surface area contributed by atoms with E-state index in [9.17, 15) is 9.18 Å². The van der Waals surface area contributed by atoms with Crippen LogP contribution in [-0.4, -0.2) is 36.1 Å². The molecule has 1 aromatic carbocycles. The number of ether oxygens (including phenoxy) is 1. The van der Waals surface area contributed by atoms with Crippen LogP contribution in [0.3, 0.4) is 0 Å². The third-order valence-corrected chi connectivity index (χ3v) is 3.91. The molecule has 23 heavy (non-hydrogen) atoms. The van der Waals surface area contributed by atoms with Crippen molar-refractivity contribution in [3.63, 3.8) is 0 Å². The average Bonchev–Trinajstić information content (AvgIpc) is 2.93. The summed E-state index contributed by atoms with van der Waals surface area (Å²) in [4.78, 5) is 17.9. The first-order valence-electron chi connectivity index (χ1n) is 7.33. The van der Waals surface area contributed by atoms with Crippen molar-refractivity contribution >= 4 is 17.4 Å². The summed E-state index contributed by atoms with van der Waals surface area (Å²) < 4.78 is 18.2. The smallest absolute Gasteiger partial charge is 0.317 e. The van der Waals surface area contributed by atoms with Crippen LogP contribution in [0.4, 0.5) is 9.18 Å². The molecule has 1 N–H and O–H groups in total. The molecule has 0 bridgehead atoms. The first-order valence-corrected chi connectivity index (χ1v) is 8.21. The van der Waals surface area contributed by atoms with Crippen LogP contribution in [0.5, 0.6) is 5.75 Å². The molecule has 2 aromatic rings. The fourth-order valence-electron chi connectivity index (χ4n) is 1.92. The predicted octanol–water partition coefficient (Wildman–Crippen LogP) is 3.20. The number of nitrogens with one attached hydrogen (secondary N) is 1. The van der Waals surface area contributed by atoms with Gasteiger partial charge in [0.15, 0.2) is 0 Å². The molecule has 1 aromatic heterocycles. The molecular formula is C16H20FN3O2S. The summed E-state index contributed by atoms with van der Waals surface area (Å²) in [5.41, 5.74) is 0.893. The second-order valence-corrected chi connectivity index (χ2v) is 6.16. The summed E-state index contributed by atoms with van der Waals surface area (Å²) in [5, 5.41) is 5.77. The molecule has 0 spiro atoms. The van der Waals surface area contributed by atoms with Crippen molar-refractivity contribution in [3.05, 3.63) is 46.2 Å². The van der Waals surface area contributed by atoms with E-state index >= 15 is 0 Å². The standard InChI is InChI=1S/C16H20FN3O2S/c1-12-19-14(11-23-12)10-20(2)16(21)18-8-3-9-22-15-6-4-13(17)5-7-15/h4-7,11H,3,8-10H2,1-2H3,(H,18,21). The van der Waals surface area contributed by atoms with Crippen LogP contribution in [0, 0.1) is 12.7 Å². The second kappa shape index (κ2) is 8.47. The molecule has 0 radical (unpaired) electrons. The molecule has 0 aliphatic carbocycles. The predicted molar refractivity (Wildman–Crippen MR) is 88.2 cm³/mol. The van der Waals surface area contributed by atoms with Gasteiger partial charge in [-0.2, -0.15) is 0 Å². The Hall–Kier alpha value is -2.15. The van der Waals surface area contributed by atoms with Gasteiger partial charge in [-0.3, -0.25) is 0 Å². The largest absolute Gasteiger partial charge is 0.494 e. The molecule has 0 saturated carbocycles. The van der Waals surface area contributed by atoms with E-state index in [0.717, 1.165) is 10.7 Å². The Bertz CT molecular complexity index is 631. The van der Waals surface area contributed by atoms with Crippen molar-refractivity contribution in [2.45, 2.75) is 19.9 Å². The van der Waals surface area contributed by atoms with Gasteiger partial charge < -0.3 is 15.0 Å². The highest BCUT2D eigenvalue weighted by molar-refractivity contribution is 7.09. The van der Waals surface area contributed by atoms with Gasteiger partial charge in [0.05, 0.1) is 23.9 Å². The highest BCUT2D eigenvalue weighted by Gasteiger charge is 2.09. The fourth-order valence-corrected chi connectivity index (χ4v) is 2.52. The van der Waals surface area contributed by atoms with E-state index in [1.54, 1.807) is 35.4 Å². The number of nitrogens with zero attached hydrogens (tertiary/aromatic N) is 2. The number of carbonyl (C=O) groups excluding carboxylic acids is 1. The number of carbonyl (C=O) groups is 1. The Morgan fingerprint density at radius 3 is 2.78 bits per heavy atom. The van der Waals surface area contributed by atoms with Gasteiger partial charge in [-0.05, 0) is 37.6 Å². The maximum Gasteiger partial charge on any atom is 0.317 e. The van der Waals surface area contributed by atoms with Crippen molar-refractivity contribution in [2.75, 3.05) is 20.2 Å². The fraction of sp³-hybridized carbons (Fsp3) is 0.375. The monoisotopic (exact) mass is 337 g/mol. The van der Waals surface area contributed by atoms with Gasteiger partial charge in [0.25, 0.3) is 0 Å². The van der Waals surface area contributed by atoms with E-state index in [-0.39, 0.29) is 11.8 Å². The van der Waals surface area contributed by atoms with Gasteiger partial charge in [-0.1, -0.05) is 0 Å². The third-order valence-electron chi connectivity index (χ3n) is 3.09. The molecule has 0 aliphatic rings. The summed E-state index contributed by atoms with van der Waals surface area (Å²) in [6.45, 7) is 3.40. The van der Waals surface area contributed by atoms with Crippen LogP contribution in [0.2, 0.25) is 0 Å². The number of amides is 2. The summed E-state index contributed by atoms with van der Waals surface area (Å²) >= 11 is 1.57. The molecular weight excluding hydrogens is 317 g/mol. The molecule has 0 unspecified atom stereocenters. The van der Waals surface area contributed by atoms with Crippen molar-refractivity contribution in [1.29, 1.82) is 0 Å². The average molecular weight is 337 g/mol. The SMILES string of the molecule is Cc1nc(CN(C)C(=O)NCCCOc2ccc(F)cc2)cs1. The lowest BCUT2D eigenvalue weighted by Crippen LogP contribution is -2.37. The molecule has 0 fully saturated rings. The first kappa shape index (κ1) is 17.2. The summed E-state index contributed by atoms with van der Waals surface area (Å²) in [6.07, 6.45) is 0.673. The number of aryl methyl sites for hydroxylation is 1. The third kappa shape index (κ3) is 5.86. The van der Waals surface area contributed by atoms with Crippen molar-refractivity contribution in [3.8, 4) is 5.75 Å². The van der Waals surface area contributed by atoms with Gasteiger partial charge in [-0.15, -0.1) is 11.3 Å². The van der Waals surface area contributed by atoms with Crippen molar-refractivity contribution in [2.24, 2.45) is 0 Å². The van der Waals surface area contributed by atoms with Crippen LogP contribution in [0.25, 0.3) is 0 Å². The normalized spacial score (nSPS) is 10.4. The Morgan fingerprint density at radius 1 is 1.39 bits per heavy atom. The van der Waals surface area contributed by atoms with Gasteiger partial charge in [0.1, 0.15) is 11.6 Å². The number of benzene rings is 1. The Balaban J connectivity index is 1.61. The van der Waals surface area contributed by atoms with E-state index in [1.165, 1.54) is 12.1 Å². The lowest BCUT2D eigenvalue weighted by molar-refractivity contribution is 0.205. The van der Waals surface area contributed by atoms with Gasteiger partial charge >= 0.3 is 6.03 Å². The molecule has 0 atom stereocenters. The van der Waals surface area contributed by atoms with E-state index in [0.29, 0.717) is 31.9 Å². The van der Waals surface area contributed by atoms with E-state index in [1.807, 2.05) is 12.3 Å². The lowest BCUT2D eigenvalue weighted by Gasteiger charge is -2.16. The lowest BCUT2D eigenvalue weighted by atomic mass is 10.3.